The van der Waals surface area contributed by atoms with Gasteiger partial charge in [-0.15, -0.1) is 0 Å². The van der Waals surface area contributed by atoms with Crippen molar-refractivity contribution in [2.45, 2.75) is 46.3 Å². The van der Waals surface area contributed by atoms with Crippen molar-refractivity contribution in [2.24, 2.45) is 7.05 Å². The molecule has 146 valence electrons. The zero-order chi connectivity index (χ0) is 20.4. The molecule has 0 saturated heterocycles. The highest BCUT2D eigenvalue weighted by molar-refractivity contribution is 5.96. The van der Waals surface area contributed by atoms with E-state index < -0.39 is 29.4 Å². The van der Waals surface area contributed by atoms with Gasteiger partial charge in [0.25, 0.3) is 5.91 Å². The summed E-state index contributed by atoms with van der Waals surface area (Å²) in [6.07, 6.45) is -1.03. The molecule has 0 fully saturated rings. The van der Waals surface area contributed by atoms with E-state index in [1.807, 2.05) is 6.92 Å². The van der Waals surface area contributed by atoms with Crippen LogP contribution in [0.2, 0.25) is 0 Å². The minimum atomic E-state index is -1.35. The van der Waals surface area contributed by atoms with E-state index in [9.17, 15) is 14.0 Å². The van der Waals surface area contributed by atoms with Crippen LogP contribution in [-0.4, -0.2) is 33.4 Å². The Morgan fingerprint density at radius 2 is 1.81 bits per heavy atom. The second kappa shape index (κ2) is 7.77. The van der Waals surface area contributed by atoms with Crippen LogP contribution in [0.1, 0.15) is 32.2 Å². The number of benzene rings is 1. The molecule has 0 saturated carbocycles. The SMILES string of the molecule is Cc1nn(C)c(C)c1NC(=O)[C@@H](C)OC(=O)C(C)(C)Oc1ccc(F)cc1. The van der Waals surface area contributed by atoms with Gasteiger partial charge in [0.05, 0.1) is 17.1 Å². The van der Waals surface area contributed by atoms with Crippen molar-refractivity contribution in [1.29, 1.82) is 0 Å². The first kappa shape index (κ1) is 20.4. The van der Waals surface area contributed by atoms with Gasteiger partial charge in [-0.1, -0.05) is 0 Å². The highest BCUT2D eigenvalue weighted by Gasteiger charge is 2.34. The van der Waals surface area contributed by atoms with Crippen LogP contribution in [0.3, 0.4) is 0 Å². The van der Waals surface area contributed by atoms with Gasteiger partial charge in [0.15, 0.2) is 11.7 Å². The van der Waals surface area contributed by atoms with Gasteiger partial charge < -0.3 is 14.8 Å². The van der Waals surface area contributed by atoms with E-state index in [4.69, 9.17) is 9.47 Å². The van der Waals surface area contributed by atoms with E-state index in [0.717, 1.165) is 5.69 Å². The van der Waals surface area contributed by atoms with Crippen LogP contribution in [0.15, 0.2) is 24.3 Å². The second-order valence-corrected chi connectivity index (χ2v) is 6.77. The van der Waals surface area contributed by atoms with Gasteiger partial charge in [-0.25, -0.2) is 9.18 Å². The van der Waals surface area contributed by atoms with Crippen molar-refractivity contribution in [2.75, 3.05) is 5.32 Å². The van der Waals surface area contributed by atoms with Crippen LogP contribution in [-0.2, 0) is 21.4 Å². The first-order chi connectivity index (χ1) is 12.5. The summed E-state index contributed by atoms with van der Waals surface area (Å²) in [7, 11) is 1.77. The molecule has 1 aromatic carbocycles. The summed E-state index contributed by atoms with van der Waals surface area (Å²) in [5.74, 6) is -1.28. The fraction of sp³-hybridized carbons (Fsp3) is 0.421. The minimum absolute atomic E-state index is 0.317. The average molecular weight is 377 g/mol. The summed E-state index contributed by atoms with van der Waals surface area (Å²) >= 11 is 0. The molecule has 0 radical (unpaired) electrons. The molecule has 1 heterocycles. The quantitative estimate of drug-likeness (QED) is 0.783. The summed E-state index contributed by atoms with van der Waals surface area (Å²) in [6, 6.07) is 5.28. The van der Waals surface area contributed by atoms with E-state index in [0.29, 0.717) is 17.1 Å². The molecule has 27 heavy (non-hydrogen) atoms. The Balaban J connectivity index is 2.00. The number of esters is 1. The van der Waals surface area contributed by atoms with Crippen LogP contribution in [0.5, 0.6) is 5.75 Å². The van der Waals surface area contributed by atoms with Crippen molar-refractivity contribution in [1.82, 2.24) is 9.78 Å². The number of nitrogens with one attached hydrogen (secondary N) is 1. The van der Waals surface area contributed by atoms with Gasteiger partial charge >= 0.3 is 5.97 Å². The number of aromatic nitrogens is 2. The molecule has 1 atom stereocenters. The standard InChI is InChI=1S/C19H24FN3O4/c1-11-16(12(2)23(6)22-11)21-17(24)13(3)26-18(25)19(4,5)27-15-9-7-14(20)8-10-15/h7-10,13H,1-6H3,(H,21,24)/t13-/m1/s1. The number of aryl methyl sites for hydroxylation is 2. The number of hydrogen-bond acceptors (Lipinski definition) is 5. The summed E-state index contributed by atoms with van der Waals surface area (Å²) in [5.41, 5.74) is 0.695. The Morgan fingerprint density at radius 1 is 1.22 bits per heavy atom. The lowest BCUT2D eigenvalue weighted by molar-refractivity contribution is -0.166. The van der Waals surface area contributed by atoms with Gasteiger partial charge in [0.1, 0.15) is 11.6 Å². The lowest BCUT2D eigenvalue weighted by Crippen LogP contribution is -2.43. The molecule has 0 unspecified atom stereocenters. The third-order valence-electron chi connectivity index (χ3n) is 4.09. The number of carbonyl (C=O) groups excluding carboxylic acids is 2. The van der Waals surface area contributed by atoms with E-state index in [1.54, 1.807) is 18.7 Å². The van der Waals surface area contributed by atoms with Crippen LogP contribution >= 0.6 is 0 Å². The van der Waals surface area contributed by atoms with E-state index in [1.165, 1.54) is 45.0 Å². The minimum Gasteiger partial charge on any atom is -0.476 e. The number of halogens is 1. The predicted molar refractivity (Wildman–Crippen MR) is 98.0 cm³/mol. The average Bonchev–Trinajstić information content (AvgIpc) is 2.82. The third-order valence-corrected chi connectivity index (χ3v) is 4.09. The molecule has 0 bridgehead atoms. The Labute approximate surface area is 157 Å². The molecule has 2 aromatic rings. The lowest BCUT2D eigenvalue weighted by Gasteiger charge is -2.26. The fourth-order valence-electron chi connectivity index (χ4n) is 2.37. The van der Waals surface area contributed by atoms with Gasteiger partial charge in [-0.2, -0.15) is 5.10 Å². The molecule has 7 nitrogen and oxygen atoms in total. The summed E-state index contributed by atoms with van der Waals surface area (Å²) in [6.45, 7) is 8.10. The first-order valence-electron chi connectivity index (χ1n) is 8.48. The third kappa shape index (κ3) is 4.84. The Kier molecular flexibility index (Phi) is 5.88. The first-order valence-corrected chi connectivity index (χ1v) is 8.48. The number of ether oxygens (including phenoxy) is 2. The summed E-state index contributed by atoms with van der Waals surface area (Å²) in [5, 5.41) is 6.95. The van der Waals surface area contributed by atoms with Gasteiger partial charge in [0, 0.05) is 7.05 Å². The lowest BCUT2D eigenvalue weighted by atomic mass is 10.1. The summed E-state index contributed by atoms with van der Waals surface area (Å²) < 4.78 is 25.5. The maximum Gasteiger partial charge on any atom is 0.350 e. The molecule has 2 rings (SSSR count). The van der Waals surface area contributed by atoms with Crippen molar-refractivity contribution in [3.8, 4) is 5.75 Å². The van der Waals surface area contributed by atoms with E-state index in [2.05, 4.69) is 10.4 Å². The number of hydrogen-bond donors (Lipinski definition) is 1. The van der Waals surface area contributed by atoms with E-state index in [-0.39, 0.29) is 0 Å². The predicted octanol–water partition coefficient (Wildman–Crippen LogP) is 2.90. The number of amides is 1. The van der Waals surface area contributed by atoms with Gasteiger partial charge in [-0.3, -0.25) is 9.48 Å². The van der Waals surface area contributed by atoms with Gasteiger partial charge in [0.2, 0.25) is 0 Å². The van der Waals surface area contributed by atoms with Crippen molar-refractivity contribution < 1.29 is 23.5 Å². The molecule has 0 spiro atoms. The molecule has 1 N–H and O–H groups in total. The van der Waals surface area contributed by atoms with Crippen molar-refractivity contribution in [3.05, 3.63) is 41.5 Å². The maximum atomic E-state index is 13.0. The smallest absolute Gasteiger partial charge is 0.350 e. The zero-order valence-electron chi connectivity index (χ0n) is 16.3. The maximum absolute atomic E-state index is 13.0. The van der Waals surface area contributed by atoms with Crippen LogP contribution < -0.4 is 10.1 Å². The highest BCUT2D eigenvalue weighted by Crippen LogP contribution is 2.22. The topological polar surface area (TPSA) is 82.5 Å². The molecule has 0 aliphatic heterocycles. The van der Waals surface area contributed by atoms with Crippen LogP contribution in [0.4, 0.5) is 10.1 Å². The normalized spacial score (nSPS) is 12.4. The number of nitrogens with zero attached hydrogens (tertiary/aromatic N) is 2. The molecular formula is C19H24FN3O4. The fourth-order valence-corrected chi connectivity index (χ4v) is 2.37. The highest BCUT2D eigenvalue weighted by atomic mass is 19.1. The number of rotatable bonds is 6. The van der Waals surface area contributed by atoms with Crippen LogP contribution in [0, 0.1) is 19.7 Å². The molecule has 0 aliphatic rings. The van der Waals surface area contributed by atoms with E-state index >= 15 is 0 Å². The number of carbonyl (C=O) groups is 2. The second-order valence-electron chi connectivity index (χ2n) is 6.77. The monoisotopic (exact) mass is 377 g/mol. The Morgan fingerprint density at radius 3 is 2.33 bits per heavy atom. The molecule has 0 aliphatic carbocycles. The van der Waals surface area contributed by atoms with Gasteiger partial charge in [-0.05, 0) is 58.9 Å². The van der Waals surface area contributed by atoms with Crippen LogP contribution in [0.25, 0.3) is 0 Å². The number of anilines is 1. The van der Waals surface area contributed by atoms with Crippen molar-refractivity contribution >= 4 is 17.6 Å². The Bertz CT molecular complexity index is 843. The zero-order valence-corrected chi connectivity index (χ0v) is 16.3. The van der Waals surface area contributed by atoms with Crippen molar-refractivity contribution in [3.63, 3.8) is 0 Å². The largest absolute Gasteiger partial charge is 0.476 e. The molecule has 1 amide bonds. The Hall–Kier alpha value is -2.90. The molecule has 1 aromatic heterocycles. The molecule has 8 heteroatoms. The molecular weight excluding hydrogens is 353 g/mol. The summed E-state index contributed by atoms with van der Waals surface area (Å²) in [4.78, 5) is 24.8.